The summed E-state index contributed by atoms with van der Waals surface area (Å²) in [5.74, 6) is -1.89. The largest absolute Gasteiger partial charge is 0.481 e. The quantitative estimate of drug-likeness (QED) is 0.605. The number of hydrogen-bond acceptors (Lipinski definition) is 3. The second-order valence-corrected chi connectivity index (χ2v) is 7.04. The molecule has 0 radical (unpaired) electrons. The van der Waals surface area contributed by atoms with Gasteiger partial charge >= 0.3 is 11.9 Å². The minimum Gasteiger partial charge on any atom is -0.481 e. The Morgan fingerprint density at radius 2 is 1.50 bits per heavy atom. The molecule has 0 spiro atoms. The number of hydrogen-bond donors (Lipinski definition) is 2. The van der Waals surface area contributed by atoms with E-state index in [-0.39, 0.29) is 12.1 Å². The van der Waals surface area contributed by atoms with Crippen LogP contribution in [0.2, 0.25) is 0 Å². The van der Waals surface area contributed by atoms with Crippen molar-refractivity contribution < 1.29 is 19.8 Å². The maximum atomic E-state index is 11.9. The summed E-state index contributed by atoms with van der Waals surface area (Å²) in [7, 11) is 1.67. The van der Waals surface area contributed by atoms with Crippen molar-refractivity contribution in [2.45, 2.75) is 26.2 Å². The van der Waals surface area contributed by atoms with Gasteiger partial charge in [0.25, 0.3) is 0 Å². The highest BCUT2D eigenvalue weighted by molar-refractivity contribution is 5.97. The Labute approximate surface area is 174 Å². The van der Waals surface area contributed by atoms with E-state index < -0.39 is 11.9 Å². The van der Waals surface area contributed by atoms with Gasteiger partial charge in [0.15, 0.2) is 0 Å². The number of carboxylic acid groups (broad SMARTS) is 2. The molecule has 6 nitrogen and oxygen atoms in total. The van der Waals surface area contributed by atoms with Crippen molar-refractivity contribution in [3.63, 3.8) is 0 Å². The second-order valence-electron chi connectivity index (χ2n) is 7.04. The van der Waals surface area contributed by atoms with Gasteiger partial charge in [0.05, 0.1) is 5.56 Å². The summed E-state index contributed by atoms with van der Waals surface area (Å²) in [6, 6.07) is 17.3. The van der Waals surface area contributed by atoms with Crippen LogP contribution in [0.15, 0.2) is 48.5 Å². The minimum absolute atomic E-state index is 0.0952. The number of rotatable bonds is 7. The van der Waals surface area contributed by atoms with Gasteiger partial charge in [-0.2, -0.15) is 5.26 Å². The Bertz CT molecular complexity index is 1130. The van der Waals surface area contributed by atoms with Crippen molar-refractivity contribution >= 4 is 11.9 Å². The first-order valence-electron chi connectivity index (χ1n) is 9.63. The van der Waals surface area contributed by atoms with Gasteiger partial charge in [-0.3, -0.25) is 4.79 Å². The van der Waals surface area contributed by atoms with Gasteiger partial charge in [-0.15, -0.1) is 0 Å². The molecule has 0 aliphatic carbocycles. The first kappa shape index (κ1) is 20.9. The van der Waals surface area contributed by atoms with E-state index in [2.05, 4.69) is 6.07 Å². The number of nitriles is 1. The van der Waals surface area contributed by atoms with Crippen LogP contribution >= 0.6 is 0 Å². The van der Waals surface area contributed by atoms with Gasteiger partial charge in [0, 0.05) is 24.7 Å². The molecule has 0 fully saturated rings. The molecule has 6 heteroatoms. The molecule has 2 N–H and O–H groups in total. The lowest BCUT2D eigenvalue weighted by Gasteiger charge is -2.07. The Kier molecular flexibility index (Phi) is 6.03. The molecule has 3 aromatic rings. The van der Waals surface area contributed by atoms with Crippen molar-refractivity contribution in [3.8, 4) is 28.3 Å². The number of aliphatic carboxylic acids is 1. The lowest BCUT2D eigenvalue weighted by atomic mass is 9.96. The monoisotopic (exact) mass is 402 g/mol. The Morgan fingerprint density at radius 1 is 0.967 bits per heavy atom. The Balaban J connectivity index is 1.96. The summed E-state index contributed by atoms with van der Waals surface area (Å²) in [6.07, 6.45) is 1.14. The normalized spacial score (nSPS) is 10.6. The molecule has 3 rings (SSSR count). The van der Waals surface area contributed by atoms with Crippen molar-refractivity contribution in [3.05, 3.63) is 71.0 Å². The summed E-state index contributed by atoms with van der Waals surface area (Å²) in [5, 5.41) is 28.2. The van der Waals surface area contributed by atoms with Crippen LogP contribution in [0.1, 0.15) is 40.7 Å². The van der Waals surface area contributed by atoms with Crippen LogP contribution in [0.4, 0.5) is 0 Å². The minimum atomic E-state index is -1.07. The molecular weight excluding hydrogens is 380 g/mol. The summed E-state index contributed by atoms with van der Waals surface area (Å²) in [5.41, 5.74) is 5.21. The van der Waals surface area contributed by atoms with E-state index in [1.807, 2.05) is 55.5 Å². The molecule has 30 heavy (non-hydrogen) atoms. The highest BCUT2D eigenvalue weighted by atomic mass is 16.4. The first-order valence-corrected chi connectivity index (χ1v) is 9.63. The van der Waals surface area contributed by atoms with Crippen molar-refractivity contribution in [1.29, 1.82) is 5.26 Å². The number of nitrogens with zero attached hydrogens (tertiary/aromatic N) is 2. The zero-order valence-electron chi connectivity index (χ0n) is 16.8. The molecule has 0 saturated carbocycles. The summed E-state index contributed by atoms with van der Waals surface area (Å²) in [6.45, 7) is 1.90. The fourth-order valence-electron chi connectivity index (χ4n) is 3.74. The number of aromatic carboxylic acids is 1. The summed E-state index contributed by atoms with van der Waals surface area (Å²) < 4.78 is 1.58. The van der Waals surface area contributed by atoms with E-state index in [4.69, 9.17) is 5.11 Å². The third kappa shape index (κ3) is 3.96. The zero-order chi connectivity index (χ0) is 21.8. The Hall–Kier alpha value is -3.85. The van der Waals surface area contributed by atoms with Gasteiger partial charge in [-0.1, -0.05) is 55.5 Å². The van der Waals surface area contributed by atoms with Crippen LogP contribution in [-0.4, -0.2) is 26.7 Å². The average Bonchev–Trinajstić information content (AvgIpc) is 3.04. The van der Waals surface area contributed by atoms with Crippen LogP contribution < -0.4 is 0 Å². The molecule has 152 valence electrons. The van der Waals surface area contributed by atoms with Crippen molar-refractivity contribution in [2.75, 3.05) is 0 Å². The van der Waals surface area contributed by atoms with E-state index in [9.17, 15) is 20.0 Å². The van der Waals surface area contributed by atoms with Crippen LogP contribution in [0.5, 0.6) is 0 Å². The lowest BCUT2D eigenvalue weighted by molar-refractivity contribution is -0.136. The molecule has 0 aliphatic heterocycles. The van der Waals surface area contributed by atoms with E-state index in [0.29, 0.717) is 35.2 Å². The fourth-order valence-corrected chi connectivity index (χ4v) is 3.74. The number of carbonyl (C=O) groups is 2. The zero-order valence-corrected chi connectivity index (χ0v) is 16.8. The highest BCUT2D eigenvalue weighted by Gasteiger charge is 2.25. The summed E-state index contributed by atoms with van der Waals surface area (Å²) >= 11 is 0. The Morgan fingerprint density at radius 3 is 1.97 bits per heavy atom. The predicted octanol–water partition coefficient (Wildman–Crippen LogP) is 4.51. The van der Waals surface area contributed by atoms with E-state index in [1.165, 1.54) is 0 Å². The van der Waals surface area contributed by atoms with Gasteiger partial charge in [0.2, 0.25) is 0 Å². The highest BCUT2D eigenvalue weighted by Crippen LogP contribution is 2.34. The third-order valence-corrected chi connectivity index (χ3v) is 5.25. The van der Waals surface area contributed by atoms with Gasteiger partial charge in [-0.25, -0.2) is 4.79 Å². The lowest BCUT2D eigenvalue weighted by Crippen LogP contribution is -2.07. The molecule has 0 atom stereocenters. The smallest absolute Gasteiger partial charge is 0.353 e. The van der Waals surface area contributed by atoms with Crippen LogP contribution in [-0.2, 0) is 24.7 Å². The maximum Gasteiger partial charge on any atom is 0.353 e. The van der Waals surface area contributed by atoms with E-state index >= 15 is 0 Å². The van der Waals surface area contributed by atoms with E-state index in [1.54, 1.807) is 11.6 Å². The molecule has 2 aromatic carbocycles. The van der Waals surface area contributed by atoms with Gasteiger partial charge < -0.3 is 14.8 Å². The van der Waals surface area contributed by atoms with Crippen LogP contribution in [0, 0.1) is 11.3 Å². The van der Waals surface area contributed by atoms with Crippen LogP contribution in [0.25, 0.3) is 22.3 Å². The number of aryl methyl sites for hydroxylation is 1. The maximum absolute atomic E-state index is 11.9. The van der Waals surface area contributed by atoms with Gasteiger partial charge in [-0.05, 0) is 35.1 Å². The first-order chi connectivity index (χ1) is 14.4. The standard InChI is InChI=1S/C24H22N2O4/c1-3-20-19(14-25)22(23(24(29)30)26(20)2)18-11-9-17(10-12-18)16-7-4-15(5-8-16)6-13-21(27)28/h4-5,7-12H,3,6,13H2,1-2H3,(H,27,28)(H,29,30). The predicted molar refractivity (Wildman–Crippen MR) is 113 cm³/mol. The molecule has 0 aliphatic rings. The fraction of sp³-hybridized carbons (Fsp3) is 0.208. The topological polar surface area (TPSA) is 103 Å². The molecule has 0 unspecified atom stereocenters. The molecule has 1 aromatic heterocycles. The molecular formula is C24H22N2O4. The molecule has 0 amide bonds. The molecule has 0 bridgehead atoms. The third-order valence-electron chi connectivity index (χ3n) is 5.25. The van der Waals surface area contributed by atoms with Crippen LogP contribution in [0.3, 0.4) is 0 Å². The number of benzene rings is 2. The summed E-state index contributed by atoms with van der Waals surface area (Å²) in [4.78, 5) is 22.6. The van der Waals surface area contributed by atoms with Gasteiger partial charge in [0.1, 0.15) is 11.8 Å². The SMILES string of the molecule is CCc1c(C#N)c(-c2ccc(-c3ccc(CCC(=O)O)cc3)cc2)c(C(=O)O)n1C. The molecule has 1 heterocycles. The second kappa shape index (κ2) is 8.66. The molecule has 0 saturated heterocycles. The van der Waals surface area contributed by atoms with Crippen molar-refractivity contribution in [1.82, 2.24) is 4.57 Å². The average molecular weight is 402 g/mol. The van der Waals surface area contributed by atoms with Crippen molar-refractivity contribution in [2.24, 2.45) is 7.05 Å². The number of aromatic nitrogens is 1. The number of carboxylic acids is 2. The van der Waals surface area contributed by atoms with E-state index in [0.717, 1.165) is 16.7 Å².